The van der Waals surface area contributed by atoms with Crippen molar-refractivity contribution >= 4 is 97.3 Å². The van der Waals surface area contributed by atoms with Crippen LogP contribution in [0.25, 0.3) is 131 Å². The topological polar surface area (TPSA) is 13.1 Å². The molecule has 13 rings (SSSR count). The van der Waals surface area contributed by atoms with E-state index < -0.39 is 0 Å². The predicted octanol–water partition coefficient (Wildman–Crippen LogP) is 16.1. The summed E-state index contributed by atoms with van der Waals surface area (Å²) >= 11 is 0. The molecule has 1 heteroatoms. The van der Waals surface area contributed by atoms with E-state index in [1.165, 1.54) is 97.8 Å². The van der Waals surface area contributed by atoms with Gasteiger partial charge in [0.25, 0.3) is 0 Å². The zero-order valence-corrected chi connectivity index (χ0v) is 30.9. The second-order valence-corrected chi connectivity index (χ2v) is 15.5. The van der Waals surface area contributed by atoms with E-state index in [9.17, 15) is 0 Å². The van der Waals surface area contributed by atoms with Crippen molar-refractivity contribution in [3.63, 3.8) is 0 Å². The summed E-state index contributed by atoms with van der Waals surface area (Å²) in [6.45, 7) is 0. The molecule has 0 aliphatic carbocycles. The third kappa shape index (κ3) is 4.34. The molecule has 0 amide bonds. The van der Waals surface area contributed by atoms with Crippen LogP contribution in [0.1, 0.15) is 0 Å². The average Bonchev–Trinajstić information content (AvgIpc) is 3.66. The SMILES string of the molecule is c1ccc(-c2ccc3ccc4c(-c5cc(-c6c7ccccc7cc7c6ccc6ccccc67)c6oc7c8ccccc8ccc7c6c5)ccc5ccc2c3c54)cc1. The number of hydrogen-bond donors (Lipinski definition) is 0. The molecule has 0 atom stereocenters. The van der Waals surface area contributed by atoms with Gasteiger partial charge in [0.05, 0.1) is 0 Å². The van der Waals surface area contributed by atoms with Crippen molar-refractivity contribution in [2.45, 2.75) is 0 Å². The van der Waals surface area contributed by atoms with E-state index in [4.69, 9.17) is 4.42 Å². The second-order valence-electron chi connectivity index (χ2n) is 15.5. The lowest BCUT2D eigenvalue weighted by atomic mass is 9.85. The Bertz CT molecular complexity index is 3790. The highest BCUT2D eigenvalue weighted by atomic mass is 16.3. The molecule has 0 saturated carbocycles. The summed E-state index contributed by atoms with van der Waals surface area (Å²) in [6, 6.07) is 71.6. The molecule has 0 unspecified atom stereocenters. The number of fused-ring (bicyclic) bond motifs is 9. The van der Waals surface area contributed by atoms with Crippen LogP contribution in [-0.2, 0) is 0 Å². The van der Waals surface area contributed by atoms with Crippen molar-refractivity contribution in [2.24, 2.45) is 0 Å². The van der Waals surface area contributed by atoms with Crippen LogP contribution in [0.3, 0.4) is 0 Å². The summed E-state index contributed by atoms with van der Waals surface area (Å²) in [7, 11) is 0. The largest absolute Gasteiger partial charge is 0.455 e. The molecular weight excluding hydrogens is 689 g/mol. The van der Waals surface area contributed by atoms with Gasteiger partial charge in [-0.1, -0.05) is 170 Å². The first-order chi connectivity index (χ1) is 28.3. The van der Waals surface area contributed by atoms with Crippen LogP contribution in [0, 0.1) is 0 Å². The van der Waals surface area contributed by atoms with Gasteiger partial charge in [-0.3, -0.25) is 0 Å². The normalized spacial score (nSPS) is 12.2. The van der Waals surface area contributed by atoms with Crippen LogP contribution in [0.15, 0.2) is 199 Å². The smallest absolute Gasteiger partial charge is 0.143 e. The van der Waals surface area contributed by atoms with Gasteiger partial charge < -0.3 is 4.42 Å². The Kier molecular flexibility index (Phi) is 6.23. The van der Waals surface area contributed by atoms with Crippen LogP contribution in [-0.4, -0.2) is 0 Å². The van der Waals surface area contributed by atoms with E-state index in [1.54, 1.807) is 0 Å². The molecule has 13 aromatic rings. The molecule has 1 nitrogen and oxygen atoms in total. The van der Waals surface area contributed by atoms with Crippen LogP contribution in [0.4, 0.5) is 0 Å². The van der Waals surface area contributed by atoms with Gasteiger partial charge in [0, 0.05) is 27.3 Å². The van der Waals surface area contributed by atoms with Crippen molar-refractivity contribution < 1.29 is 4.42 Å². The highest BCUT2D eigenvalue weighted by Gasteiger charge is 2.22. The van der Waals surface area contributed by atoms with Gasteiger partial charge in [-0.05, 0) is 117 Å². The minimum Gasteiger partial charge on any atom is -0.455 e. The van der Waals surface area contributed by atoms with Gasteiger partial charge in [-0.25, -0.2) is 0 Å². The molecule has 262 valence electrons. The van der Waals surface area contributed by atoms with Crippen molar-refractivity contribution in [3.05, 3.63) is 194 Å². The van der Waals surface area contributed by atoms with Crippen LogP contribution in [0.2, 0.25) is 0 Å². The molecule has 0 saturated heterocycles. The van der Waals surface area contributed by atoms with Crippen LogP contribution >= 0.6 is 0 Å². The van der Waals surface area contributed by atoms with Crippen molar-refractivity contribution in [1.29, 1.82) is 0 Å². The Balaban J connectivity index is 1.18. The minimum absolute atomic E-state index is 0.918. The Hall–Kier alpha value is -7.48. The lowest BCUT2D eigenvalue weighted by molar-refractivity contribution is 0.674. The fraction of sp³-hybridized carbons (Fsp3) is 0. The fourth-order valence-electron chi connectivity index (χ4n) is 9.98. The summed E-state index contributed by atoms with van der Waals surface area (Å²) in [5, 5.41) is 19.7. The first-order valence-corrected chi connectivity index (χ1v) is 19.7. The predicted molar refractivity (Wildman–Crippen MR) is 244 cm³/mol. The van der Waals surface area contributed by atoms with E-state index in [0.717, 1.165) is 32.9 Å². The van der Waals surface area contributed by atoms with Crippen LogP contribution in [0.5, 0.6) is 0 Å². The number of furan rings is 1. The third-order valence-corrected chi connectivity index (χ3v) is 12.6. The molecule has 57 heavy (non-hydrogen) atoms. The quantitative estimate of drug-likeness (QED) is 0.131. The Morgan fingerprint density at radius 3 is 1.53 bits per heavy atom. The van der Waals surface area contributed by atoms with Gasteiger partial charge >= 0.3 is 0 Å². The van der Waals surface area contributed by atoms with E-state index in [-0.39, 0.29) is 0 Å². The monoisotopic (exact) mass is 720 g/mol. The Morgan fingerprint density at radius 1 is 0.246 bits per heavy atom. The summed E-state index contributed by atoms with van der Waals surface area (Å²) < 4.78 is 7.16. The third-order valence-electron chi connectivity index (χ3n) is 12.6. The molecule has 0 aliphatic heterocycles. The number of hydrogen-bond acceptors (Lipinski definition) is 1. The molecule has 0 aliphatic rings. The van der Waals surface area contributed by atoms with E-state index >= 15 is 0 Å². The molecule has 0 radical (unpaired) electrons. The van der Waals surface area contributed by atoms with Crippen molar-refractivity contribution in [1.82, 2.24) is 0 Å². The minimum atomic E-state index is 0.918. The van der Waals surface area contributed by atoms with E-state index in [1.807, 2.05) is 0 Å². The Morgan fingerprint density at radius 2 is 0.789 bits per heavy atom. The molecule has 0 spiro atoms. The molecule has 0 bridgehead atoms. The first-order valence-electron chi connectivity index (χ1n) is 19.7. The van der Waals surface area contributed by atoms with Gasteiger partial charge in [0.1, 0.15) is 11.2 Å². The van der Waals surface area contributed by atoms with E-state index in [0.29, 0.717) is 0 Å². The zero-order chi connectivity index (χ0) is 37.2. The molecule has 0 N–H and O–H groups in total. The zero-order valence-electron chi connectivity index (χ0n) is 30.9. The lowest BCUT2D eigenvalue weighted by Crippen LogP contribution is -1.91. The average molecular weight is 721 g/mol. The number of rotatable bonds is 3. The number of benzene rings is 12. The Labute approximate surface area is 328 Å². The summed E-state index contributed by atoms with van der Waals surface area (Å²) in [5.74, 6) is 0. The maximum atomic E-state index is 7.16. The summed E-state index contributed by atoms with van der Waals surface area (Å²) in [5.41, 5.74) is 9.05. The van der Waals surface area contributed by atoms with Crippen LogP contribution < -0.4 is 0 Å². The van der Waals surface area contributed by atoms with E-state index in [2.05, 4.69) is 194 Å². The standard InChI is InChI=1S/C56H32O/c1-2-10-33(11-3-1)41-24-20-36-23-28-46-42(25-21-37-22-27-45(41)52(36)53(37)46)39-31-50-48-29-19-35-13-5-9-17-44(35)55(48)57-56(50)51(32-39)54-43-16-8-6-14-38(43)30-49-40-15-7-4-12-34(40)18-26-47(49)54/h1-32H. The summed E-state index contributed by atoms with van der Waals surface area (Å²) in [4.78, 5) is 0. The van der Waals surface area contributed by atoms with Gasteiger partial charge in [-0.15, -0.1) is 0 Å². The summed E-state index contributed by atoms with van der Waals surface area (Å²) in [6.07, 6.45) is 0. The highest BCUT2D eigenvalue weighted by molar-refractivity contribution is 6.29. The first kappa shape index (κ1) is 30.8. The van der Waals surface area contributed by atoms with Gasteiger partial charge in [0.2, 0.25) is 0 Å². The second kappa shape index (κ2) is 11.5. The van der Waals surface area contributed by atoms with Crippen molar-refractivity contribution in [2.75, 3.05) is 0 Å². The highest BCUT2D eigenvalue weighted by Crippen LogP contribution is 2.48. The fourth-order valence-corrected chi connectivity index (χ4v) is 9.98. The molecule has 0 fully saturated rings. The van der Waals surface area contributed by atoms with Gasteiger partial charge in [0.15, 0.2) is 0 Å². The van der Waals surface area contributed by atoms with Crippen molar-refractivity contribution in [3.8, 4) is 33.4 Å². The molecule has 1 aromatic heterocycles. The maximum Gasteiger partial charge on any atom is 0.143 e. The molecule has 12 aromatic carbocycles. The lowest BCUT2D eigenvalue weighted by Gasteiger charge is -2.18. The van der Waals surface area contributed by atoms with Gasteiger partial charge in [-0.2, -0.15) is 0 Å². The molecule has 1 heterocycles. The maximum absolute atomic E-state index is 7.16. The molecular formula is C56H32O.